The highest BCUT2D eigenvalue weighted by molar-refractivity contribution is 6.02. The maximum atomic E-state index is 13.0. The van der Waals surface area contributed by atoms with Gasteiger partial charge in [-0.05, 0) is 36.1 Å². The van der Waals surface area contributed by atoms with E-state index < -0.39 is 6.04 Å². The first-order chi connectivity index (χ1) is 16.5. The van der Waals surface area contributed by atoms with Crippen LogP contribution in [0.1, 0.15) is 39.9 Å². The molecule has 0 unspecified atom stereocenters. The third-order valence-corrected chi connectivity index (χ3v) is 6.53. The molecule has 0 aromatic heterocycles. The van der Waals surface area contributed by atoms with Gasteiger partial charge < -0.3 is 24.6 Å². The molecule has 5 rings (SSSR count). The van der Waals surface area contributed by atoms with Gasteiger partial charge in [0.15, 0.2) is 0 Å². The van der Waals surface area contributed by atoms with Gasteiger partial charge in [-0.1, -0.05) is 36.9 Å². The zero-order valence-electron chi connectivity index (χ0n) is 18.9. The fraction of sp³-hybridized carbons (Fsp3) is 0.346. The summed E-state index contributed by atoms with van der Waals surface area (Å²) in [4.78, 5) is 40.8. The molecule has 2 aromatic carbocycles. The number of rotatable bonds is 6. The molecule has 2 fully saturated rings. The molecule has 2 saturated heterocycles. The van der Waals surface area contributed by atoms with E-state index in [-0.39, 0.29) is 24.3 Å². The molecule has 0 spiro atoms. The lowest BCUT2D eigenvalue weighted by Crippen LogP contribution is -2.49. The number of hydrogen-bond acceptors (Lipinski definition) is 5. The van der Waals surface area contributed by atoms with E-state index >= 15 is 0 Å². The average Bonchev–Trinajstić information content (AvgIpc) is 3.17. The van der Waals surface area contributed by atoms with Crippen LogP contribution in [0.4, 0.5) is 0 Å². The second-order valence-corrected chi connectivity index (χ2v) is 8.84. The lowest BCUT2D eigenvalue weighted by molar-refractivity contribution is -0.143. The van der Waals surface area contributed by atoms with Crippen LogP contribution in [0.25, 0.3) is 0 Å². The van der Waals surface area contributed by atoms with Crippen LogP contribution in [0.3, 0.4) is 0 Å². The highest BCUT2D eigenvalue weighted by Gasteiger charge is 2.39. The van der Waals surface area contributed by atoms with E-state index in [9.17, 15) is 14.4 Å². The third kappa shape index (κ3) is 4.41. The van der Waals surface area contributed by atoms with Gasteiger partial charge in [0, 0.05) is 29.9 Å². The van der Waals surface area contributed by atoms with Crippen LogP contribution >= 0.6 is 0 Å². The lowest BCUT2D eigenvalue weighted by Gasteiger charge is -2.31. The van der Waals surface area contributed by atoms with Crippen molar-refractivity contribution >= 4 is 17.7 Å². The van der Waals surface area contributed by atoms with Crippen molar-refractivity contribution in [3.05, 3.63) is 77.0 Å². The highest BCUT2D eigenvalue weighted by Crippen LogP contribution is 2.34. The summed E-state index contributed by atoms with van der Waals surface area (Å²) in [5, 5.41) is 2.76. The van der Waals surface area contributed by atoms with E-state index in [0.29, 0.717) is 62.7 Å². The van der Waals surface area contributed by atoms with Gasteiger partial charge in [0.25, 0.3) is 5.91 Å². The number of benzene rings is 2. The molecule has 34 heavy (non-hydrogen) atoms. The number of nitrogens with zero attached hydrogens (tertiary/aromatic N) is 2. The summed E-state index contributed by atoms with van der Waals surface area (Å²) >= 11 is 0. The first-order valence-electron chi connectivity index (χ1n) is 11.5. The van der Waals surface area contributed by atoms with Gasteiger partial charge in [0.2, 0.25) is 11.8 Å². The normalized spacial score (nSPS) is 20.4. The first-order valence-corrected chi connectivity index (χ1v) is 11.5. The molecule has 2 aromatic rings. The molecule has 3 aliphatic heterocycles. The fourth-order valence-corrected chi connectivity index (χ4v) is 4.61. The van der Waals surface area contributed by atoms with E-state index in [2.05, 4.69) is 11.9 Å². The quantitative estimate of drug-likeness (QED) is 0.714. The molecule has 0 saturated carbocycles. The van der Waals surface area contributed by atoms with Crippen LogP contribution in [0.2, 0.25) is 0 Å². The zero-order valence-corrected chi connectivity index (χ0v) is 18.9. The first kappa shape index (κ1) is 22.2. The van der Waals surface area contributed by atoms with Crippen LogP contribution in [-0.4, -0.2) is 53.3 Å². The Morgan fingerprint density at radius 1 is 1.09 bits per heavy atom. The standard InChI is InChI=1S/C26H27N3O5/c1-17-5-10-22(25(31)27-17)29-14-21-20(26(29)32)3-2-4-23(21)34-15-19-8-6-18(7-9-19)13-28-11-12-33-16-24(28)30/h2-4,6-9,22H,1,5,10-16H2,(H,27,31)/t22-/m0/s1. The largest absolute Gasteiger partial charge is 0.489 e. The van der Waals surface area contributed by atoms with Crippen LogP contribution in [0.15, 0.2) is 54.7 Å². The van der Waals surface area contributed by atoms with Crippen LogP contribution in [-0.2, 0) is 34.0 Å². The molecule has 8 nitrogen and oxygen atoms in total. The highest BCUT2D eigenvalue weighted by atomic mass is 16.5. The maximum absolute atomic E-state index is 13.0. The molecular formula is C26H27N3O5. The molecule has 0 aliphatic carbocycles. The van der Waals surface area contributed by atoms with Crippen LogP contribution in [0.5, 0.6) is 5.75 Å². The van der Waals surface area contributed by atoms with Crippen LogP contribution in [0, 0.1) is 0 Å². The van der Waals surface area contributed by atoms with Crippen molar-refractivity contribution in [3.8, 4) is 5.75 Å². The van der Waals surface area contributed by atoms with E-state index in [4.69, 9.17) is 9.47 Å². The molecule has 1 atom stereocenters. The minimum absolute atomic E-state index is 0.0100. The number of allylic oxidation sites excluding steroid dienone is 1. The second kappa shape index (κ2) is 9.30. The van der Waals surface area contributed by atoms with E-state index in [1.807, 2.05) is 30.3 Å². The smallest absolute Gasteiger partial charge is 0.255 e. The third-order valence-electron chi connectivity index (χ3n) is 6.53. The Bertz CT molecular complexity index is 1140. The Hall–Kier alpha value is -3.65. The number of hydrogen-bond donors (Lipinski definition) is 1. The van der Waals surface area contributed by atoms with Crippen molar-refractivity contribution in [1.29, 1.82) is 0 Å². The predicted octanol–water partition coefficient (Wildman–Crippen LogP) is 2.37. The van der Waals surface area contributed by atoms with Gasteiger partial charge in [0.1, 0.15) is 25.0 Å². The summed E-state index contributed by atoms with van der Waals surface area (Å²) in [5.41, 5.74) is 4.12. The Morgan fingerprint density at radius 3 is 2.65 bits per heavy atom. The average molecular weight is 462 g/mol. The number of piperidine rings is 1. The van der Waals surface area contributed by atoms with Gasteiger partial charge in [-0.15, -0.1) is 0 Å². The van der Waals surface area contributed by atoms with Gasteiger partial charge in [-0.3, -0.25) is 14.4 Å². The van der Waals surface area contributed by atoms with Gasteiger partial charge in [0.05, 0.1) is 13.2 Å². The van der Waals surface area contributed by atoms with Gasteiger partial charge >= 0.3 is 0 Å². The SMILES string of the molecule is C=C1CC[C@H](N2Cc3c(OCc4ccc(CN5CCOCC5=O)cc4)cccc3C2=O)C(=O)N1. The number of fused-ring (bicyclic) bond motifs is 1. The molecule has 3 aliphatic rings. The summed E-state index contributed by atoms with van der Waals surface area (Å²) in [6.07, 6.45) is 1.23. The summed E-state index contributed by atoms with van der Waals surface area (Å²) in [7, 11) is 0. The molecule has 176 valence electrons. The minimum atomic E-state index is -0.496. The van der Waals surface area contributed by atoms with Crippen molar-refractivity contribution in [2.24, 2.45) is 0 Å². The molecule has 3 amide bonds. The fourth-order valence-electron chi connectivity index (χ4n) is 4.61. The lowest BCUT2D eigenvalue weighted by atomic mass is 10.0. The van der Waals surface area contributed by atoms with Crippen molar-refractivity contribution in [1.82, 2.24) is 15.1 Å². The summed E-state index contributed by atoms with van der Waals surface area (Å²) in [5.74, 6) is 0.335. The number of carbonyl (C=O) groups is 3. The molecule has 1 N–H and O–H groups in total. The molecule has 0 bridgehead atoms. The number of ether oxygens (including phenoxy) is 2. The molecule has 0 radical (unpaired) electrons. The zero-order chi connectivity index (χ0) is 23.7. The minimum Gasteiger partial charge on any atom is -0.489 e. The molecular weight excluding hydrogens is 434 g/mol. The number of morpholine rings is 1. The molecule has 3 heterocycles. The monoisotopic (exact) mass is 461 g/mol. The number of amides is 3. The summed E-state index contributed by atoms with van der Waals surface area (Å²) in [6, 6.07) is 12.9. The van der Waals surface area contributed by atoms with Crippen molar-refractivity contribution in [3.63, 3.8) is 0 Å². The Morgan fingerprint density at radius 2 is 1.88 bits per heavy atom. The Kier molecular flexibility index (Phi) is 6.06. The van der Waals surface area contributed by atoms with Crippen LogP contribution < -0.4 is 10.1 Å². The number of nitrogens with one attached hydrogen (secondary N) is 1. The summed E-state index contributed by atoms with van der Waals surface area (Å²) < 4.78 is 11.3. The van der Waals surface area contributed by atoms with Crippen molar-refractivity contribution in [2.45, 2.75) is 38.6 Å². The van der Waals surface area contributed by atoms with E-state index in [1.165, 1.54) is 0 Å². The van der Waals surface area contributed by atoms with E-state index in [1.54, 1.807) is 21.9 Å². The second-order valence-electron chi connectivity index (χ2n) is 8.84. The molecule has 8 heteroatoms. The van der Waals surface area contributed by atoms with Crippen molar-refractivity contribution in [2.75, 3.05) is 19.8 Å². The van der Waals surface area contributed by atoms with E-state index in [0.717, 1.165) is 16.7 Å². The van der Waals surface area contributed by atoms with Crippen molar-refractivity contribution < 1.29 is 23.9 Å². The Balaban J connectivity index is 1.23. The van der Waals surface area contributed by atoms with Gasteiger partial charge in [-0.25, -0.2) is 0 Å². The topological polar surface area (TPSA) is 88.2 Å². The van der Waals surface area contributed by atoms with Gasteiger partial charge in [-0.2, -0.15) is 0 Å². The maximum Gasteiger partial charge on any atom is 0.255 e. The number of carbonyl (C=O) groups excluding carboxylic acids is 3. The Labute approximate surface area is 198 Å². The predicted molar refractivity (Wildman–Crippen MR) is 124 cm³/mol. The summed E-state index contributed by atoms with van der Waals surface area (Å²) in [6.45, 7) is 6.40.